The number of fused-ring (bicyclic) bond motifs is 1. The normalized spacial score (nSPS) is 11.1. The van der Waals surface area contributed by atoms with E-state index in [0.717, 1.165) is 46.6 Å². The fourth-order valence-corrected chi connectivity index (χ4v) is 3.70. The van der Waals surface area contributed by atoms with Crippen LogP contribution in [-0.2, 0) is 11.3 Å². The van der Waals surface area contributed by atoms with Crippen LogP contribution in [-0.4, -0.2) is 40.0 Å². The van der Waals surface area contributed by atoms with E-state index in [4.69, 9.17) is 4.98 Å². The molecule has 0 spiro atoms. The van der Waals surface area contributed by atoms with E-state index >= 15 is 0 Å². The van der Waals surface area contributed by atoms with Gasteiger partial charge in [0.05, 0.1) is 15.8 Å². The smallest absolute Gasteiger partial charge is 0.225 e. The summed E-state index contributed by atoms with van der Waals surface area (Å²) in [5.74, 6) is 0.0363. The van der Waals surface area contributed by atoms with Gasteiger partial charge in [-0.2, -0.15) is 0 Å². The number of nitrogens with one attached hydrogen (secondary N) is 2. The zero-order chi connectivity index (χ0) is 20.5. The number of carbonyl (C=O) groups is 1. The summed E-state index contributed by atoms with van der Waals surface area (Å²) < 4.78 is 0.932. The molecule has 0 atom stereocenters. The second kappa shape index (κ2) is 11.2. The maximum Gasteiger partial charge on any atom is 0.225 e. The minimum atomic E-state index is 0.0363. The summed E-state index contributed by atoms with van der Waals surface area (Å²) in [6, 6.07) is 20.3. The second-order valence-electron chi connectivity index (χ2n) is 7.09. The highest BCUT2D eigenvalue weighted by Crippen LogP contribution is 2.13. The van der Waals surface area contributed by atoms with E-state index in [9.17, 15) is 4.79 Å². The van der Waals surface area contributed by atoms with Crippen molar-refractivity contribution in [1.82, 2.24) is 15.2 Å². The van der Waals surface area contributed by atoms with Crippen LogP contribution >= 0.6 is 22.6 Å². The van der Waals surface area contributed by atoms with Gasteiger partial charge in [-0.1, -0.05) is 59.0 Å². The van der Waals surface area contributed by atoms with Gasteiger partial charge in [0, 0.05) is 43.7 Å². The van der Waals surface area contributed by atoms with E-state index in [0.29, 0.717) is 13.0 Å². The summed E-state index contributed by atoms with van der Waals surface area (Å²) >= 11 is 2.39. The molecule has 0 aliphatic heterocycles. The van der Waals surface area contributed by atoms with E-state index < -0.39 is 0 Å². The first-order valence-electron chi connectivity index (χ1n) is 9.84. The molecule has 0 aliphatic carbocycles. The summed E-state index contributed by atoms with van der Waals surface area (Å²) in [6.45, 7) is 5.26. The van der Waals surface area contributed by atoms with Crippen molar-refractivity contribution in [1.29, 1.82) is 0 Å². The Morgan fingerprint density at radius 2 is 1.93 bits per heavy atom. The van der Waals surface area contributed by atoms with Gasteiger partial charge in [-0.15, -0.1) is 0 Å². The van der Waals surface area contributed by atoms with Crippen molar-refractivity contribution in [2.24, 2.45) is 0 Å². The quantitative estimate of drug-likeness (QED) is 0.187. The molecular weight excluding hydrogens is 475 g/mol. The van der Waals surface area contributed by atoms with Gasteiger partial charge >= 0.3 is 0 Å². The number of alkyl halides is 1. The first-order valence-corrected chi connectivity index (χ1v) is 11.4. The van der Waals surface area contributed by atoms with Crippen LogP contribution in [0.4, 0.5) is 5.69 Å². The number of hydrogen-bond acceptors (Lipinski definition) is 4. The average Bonchev–Trinajstić information content (AvgIpc) is 2.72. The van der Waals surface area contributed by atoms with Gasteiger partial charge in [0.1, 0.15) is 0 Å². The number of aromatic nitrogens is 1. The summed E-state index contributed by atoms with van der Waals surface area (Å²) in [5, 5.41) is 7.48. The molecule has 0 bridgehead atoms. The number of nitrogens with zero attached hydrogens (tertiary/aromatic N) is 2. The molecule has 6 heteroatoms. The van der Waals surface area contributed by atoms with Crippen molar-refractivity contribution in [2.75, 3.05) is 29.5 Å². The summed E-state index contributed by atoms with van der Waals surface area (Å²) in [7, 11) is 0. The second-order valence-corrected chi connectivity index (χ2v) is 7.77. The van der Waals surface area contributed by atoms with Gasteiger partial charge in [-0.25, -0.2) is 0 Å². The van der Waals surface area contributed by atoms with Crippen LogP contribution in [0, 0.1) is 6.92 Å². The van der Waals surface area contributed by atoms with E-state index in [2.05, 4.69) is 62.4 Å². The molecule has 0 fully saturated rings. The molecule has 2 N–H and O–H groups in total. The van der Waals surface area contributed by atoms with E-state index in [1.165, 1.54) is 5.39 Å². The minimum absolute atomic E-state index is 0.0363. The Kier molecular flexibility index (Phi) is 8.39. The third-order valence-electron chi connectivity index (χ3n) is 4.65. The van der Waals surface area contributed by atoms with Crippen molar-refractivity contribution in [3.05, 3.63) is 71.9 Å². The zero-order valence-electron chi connectivity index (χ0n) is 16.7. The van der Waals surface area contributed by atoms with Crippen LogP contribution in [0.5, 0.6) is 0 Å². The van der Waals surface area contributed by atoms with Crippen LogP contribution < -0.4 is 10.6 Å². The fraction of sp³-hybridized carbons (Fsp3) is 0.304. The summed E-state index contributed by atoms with van der Waals surface area (Å²) in [5.41, 5.74) is 4.11. The molecule has 1 heterocycles. The summed E-state index contributed by atoms with van der Waals surface area (Å²) in [4.78, 5) is 19.2. The number of amides is 1. The van der Waals surface area contributed by atoms with Crippen molar-refractivity contribution in [3.63, 3.8) is 0 Å². The molecule has 1 amide bonds. The predicted molar refractivity (Wildman–Crippen MR) is 128 cm³/mol. The molecule has 0 aliphatic rings. The molecule has 5 nitrogen and oxygen atoms in total. The summed E-state index contributed by atoms with van der Waals surface area (Å²) in [6.07, 6.45) is 0.463. The van der Waals surface area contributed by atoms with Crippen LogP contribution in [0.3, 0.4) is 0 Å². The number of anilines is 1. The number of rotatable bonds is 10. The first kappa shape index (κ1) is 21.7. The Bertz CT molecular complexity index is 947. The van der Waals surface area contributed by atoms with Crippen molar-refractivity contribution in [3.8, 4) is 0 Å². The molecule has 0 unspecified atom stereocenters. The Morgan fingerprint density at radius 3 is 2.76 bits per heavy atom. The number of carbonyl (C=O) groups excluding carboxylic acids is 1. The topological polar surface area (TPSA) is 57.3 Å². The Morgan fingerprint density at radius 1 is 1.07 bits per heavy atom. The van der Waals surface area contributed by atoms with Gasteiger partial charge in [-0.05, 0) is 36.8 Å². The molecule has 0 saturated heterocycles. The Balaban J connectivity index is 1.37. The number of pyridine rings is 1. The molecule has 0 saturated carbocycles. The zero-order valence-corrected chi connectivity index (χ0v) is 18.9. The van der Waals surface area contributed by atoms with Crippen molar-refractivity contribution < 1.29 is 4.79 Å². The van der Waals surface area contributed by atoms with E-state index in [1.807, 2.05) is 43.3 Å². The van der Waals surface area contributed by atoms with Gasteiger partial charge in [-0.3, -0.25) is 14.7 Å². The highest BCUT2D eigenvalue weighted by Gasteiger charge is 2.07. The lowest BCUT2D eigenvalue weighted by Crippen LogP contribution is -2.32. The maximum atomic E-state index is 12.1. The third-order valence-corrected chi connectivity index (χ3v) is 5.61. The standard InChI is InChI=1S/C23H27IN4O/c1-18-5-4-7-20(15-18)27-23(29)11-12-25-13-14-28(17-24)16-21-10-9-19-6-2-3-8-22(19)26-21/h2-10,15,25H,11-14,16-17H2,1H3,(H,27,29). The lowest BCUT2D eigenvalue weighted by molar-refractivity contribution is -0.116. The SMILES string of the molecule is Cc1cccc(NC(=O)CCNCCN(CI)Cc2ccc3ccccc3n2)c1. The molecule has 152 valence electrons. The van der Waals surface area contributed by atoms with Crippen molar-refractivity contribution >= 4 is 45.1 Å². The Labute approximate surface area is 186 Å². The van der Waals surface area contributed by atoms with E-state index in [1.54, 1.807) is 0 Å². The molecule has 1 aromatic heterocycles. The van der Waals surface area contributed by atoms with Crippen molar-refractivity contribution in [2.45, 2.75) is 19.9 Å². The molecule has 3 rings (SSSR count). The monoisotopic (exact) mass is 502 g/mol. The number of hydrogen-bond donors (Lipinski definition) is 2. The lowest BCUT2D eigenvalue weighted by atomic mass is 10.2. The maximum absolute atomic E-state index is 12.1. The van der Waals surface area contributed by atoms with Crippen LogP contribution in [0.2, 0.25) is 0 Å². The number of benzene rings is 2. The lowest BCUT2D eigenvalue weighted by Gasteiger charge is -2.19. The molecule has 0 radical (unpaired) electrons. The molecule has 2 aromatic carbocycles. The third kappa shape index (κ3) is 7.06. The fourth-order valence-electron chi connectivity index (χ4n) is 3.12. The highest BCUT2D eigenvalue weighted by molar-refractivity contribution is 14.1. The number of halogens is 1. The van der Waals surface area contributed by atoms with Gasteiger partial charge in [0.15, 0.2) is 0 Å². The van der Waals surface area contributed by atoms with Crippen LogP contribution in [0.1, 0.15) is 17.7 Å². The number of aryl methyl sites for hydroxylation is 1. The molecule has 3 aromatic rings. The molecule has 29 heavy (non-hydrogen) atoms. The number of para-hydroxylation sites is 1. The Hall–Kier alpha value is -2.03. The van der Waals surface area contributed by atoms with E-state index in [-0.39, 0.29) is 5.91 Å². The van der Waals surface area contributed by atoms with Gasteiger partial charge in [0.25, 0.3) is 0 Å². The molecular formula is C23H27IN4O. The largest absolute Gasteiger partial charge is 0.326 e. The van der Waals surface area contributed by atoms with Crippen LogP contribution in [0.15, 0.2) is 60.7 Å². The minimum Gasteiger partial charge on any atom is -0.326 e. The predicted octanol–water partition coefficient (Wildman–Crippen LogP) is 4.36. The first-order chi connectivity index (χ1) is 14.1. The van der Waals surface area contributed by atoms with Crippen LogP contribution in [0.25, 0.3) is 10.9 Å². The highest BCUT2D eigenvalue weighted by atomic mass is 127. The van der Waals surface area contributed by atoms with Gasteiger partial charge < -0.3 is 10.6 Å². The van der Waals surface area contributed by atoms with Gasteiger partial charge in [0.2, 0.25) is 5.91 Å². The average molecular weight is 502 g/mol.